The van der Waals surface area contributed by atoms with E-state index < -0.39 is 5.60 Å². The van der Waals surface area contributed by atoms with Crippen LogP contribution in [0.5, 0.6) is 11.6 Å². The Bertz CT molecular complexity index is 1480. The van der Waals surface area contributed by atoms with Gasteiger partial charge in [-0.25, -0.2) is 9.97 Å². The molecule has 0 atom stereocenters. The van der Waals surface area contributed by atoms with Gasteiger partial charge < -0.3 is 20.5 Å². The predicted octanol–water partition coefficient (Wildman–Crippen LogP) is 6.55. The first-order chi connectivity index (χ1) is 18.5. The van der Waals surface area contributed by atoms with E-state index in [2.05, 4.69) is 33.1 Å². The maximum atomic E-state index is 11.2. The third kappa shape index (κ3) is 5.07. The van der Waals surface area contributed by atoms with Gasteiger partial charge in [0.05, 0.1) is 11.3 Å². The number of rotatable bonds is 5. The number of aliphatic hydroxyl groups is 1. The van der Waals surface area contributed by atoms with Crippen molar-refractivity contribution in [1.82, 2.24) is 14.9 Å². The molecule has 4 aromatic rings. The van der Waals surface area contributed by atoms with E-state index in [0.717, 1.165) is 66.2 Å². The van der Waals surface area contributed by atoms with Crippen LogP contribution in [0.25, 0.3) is 16.8 Å². The molecule has 0 unspecified atom stereocenters. The molecule has 3 N–H and O–H groups in total. The Balaban J connectivity index is 1.20. The molecule has 2 aromatic heterocycles. The maximum absolute atomic E-state index is 11.2. The molecule has 0 bridgehead atoms. The molecule has 6 nitrogen and oxygen atoms in total. The topological polar surface area (TPSA) is 84.5 Å². The van der Waals surface area contributed by atoms with Gasteiger partial charge in [-0.05, 0) is 60.7 Å². The summed E-state index contributed by atoms with van der Waals surface area (Å²) in [6.07, 6.45) is 7.11. The number of likely N-dealkylation sites (tertiary alicyclic amines) is 1. The Morgan fingerprint density at radius 3 is 2.63 bits per heavy atom. The van der Waals surface area contributed by atoms with E-state index in [9.17, 15) is 5.11 Å². The van der Waals surface area contributed by atoms with Crippen molar-refractivity contribution in [3.63, 3.8) is 0 Å². The van der Waals surface area contributed by atoms with Gasteiger partial charge in [0.25, 0.3) is 0 Å². The highest BCUT2D eigenvalue weighted by atomic mass is 35.5. The van der Waals surface area contributed by atoms with Crippen molar-refractivity contribution >= 4 is 33.6 Å². The second-order valence-corrected chi connectivity index (χ2v) is 11.2. The Labute approximate surface area is 231 Å². The molecule has 0 aliphatic carbocycles. The molecule has 0 radical (unpaired) electrons. The molecule has 0 spiro atoms. The van der Waals surface area contributed by atoms with E-state index in [1.807, 2.05) is 47.8 Å². The number of ether oxygens (including phenoxy) is 1. The van der Waals surface area contributed by atoms with E-state index in [1.165, 1.54) is 16.9 Å². The zero-order chi connectivity index (χ0) is 26.1. The third-order valence-electron chi connectivity index (χ3n) is 7.52. The van der Waals surface area contributed by atoms with Gasteiger partial charge in [0.2, 0.25) is 5.88 Å². The molecule has 2 aliphatic heterocycles. The monoisotopic (exact) mass is 544 g/mol. The number of nitrogens with zero attached hydrogens (tertiary/aromatic N) is 3. The number of aromatic nitrogens is 2. The van der Waals surface area contributed by atoms with Gasteiger partial charge in [0.1, 0.15) is 5.75 Å². The fourth-order valence-electron chi connectivity index (χ4n) is 5.40. The number of thiazole rings is 1. The molecule has 4 heterocycles. The summed E-state index contributed by atoms with van der Waals surface area (Å²) >= 11 is 7.48. The van der Waals surface area contributed by atoms with Crippen molar-refractivity contribution < 1.29 is 9.84 Å². The fourth-order valence-corrected chi connectivity index (χ4v) is 6.09. The summed E-state index contributed by atoms with van der Waals surface area (Å²) in [5.41, 5.74) is 11.3. The van der Waals surface area contributed by atoms with Crippen LogP contribution in [-0.2, 0) is 12.0 Å². The van der Waals surface area contributed by atoms with Crippen LogP contribution in [0.15, 0.2) is 72.3 Å². The molecule has 194 valence electrons. The molecule has 1 fully saturated rings. The van der Waals surface area contributed by atoms with E-state index in [0.29, 0.717) is 28.9 Å². The van der Waals surface area contributed by atoms with Gasteiger partial charge in [-0.2, -0.15) is 0 Å². The smallest absolute Gasteiger partial charge is 0.226 e. The molecule has 2 aromatic carbocycles. The Kier molecular flexibility index (Phi) is 6.93. The van der Waals surface area contributed by atoms with Gasteiger partial charge in [-0.3, -0.25) is 0 Å². The van der Waals surface area contributed by atoms with Crippen molar-refractivity contribution in [2.45, 2.75) is 31.3 Å². The lowest BCUT2D eigenvalue weighted by atomic mass is 9.84. The van der Waals surface area contributed by atoms with Crippen molar-refractivity contribution in [1.29, 1.82) is 0 Å². The number of hydrogen-bond acceptors (Lipinski definition) is 7. The highest BCUT2D eigenvalue weighted by Crippen LogP contribution is 2.42. The van der Waals surface area contributed by atoms with Gasteiger partial charge in [0.15, 0.2) is 5.13 Å². The number of piperidine rings is 1. The first-order valence-corrected chi connectivity index (χ1v) is 14.1. The highest BCUT2D eigenvalue weighted by Gasteiger charge is 2.33. The van der Waals surface area contributed by atoms with Crippen LogP contribution >= 0.6 is 22.9 Å². The van der Waals surface area contributed by atoms with Crippen LogP contribution in [-0.4, -0.2) is 39.6 Å². The number of allylic oxidation sites excluding steroid dienone is 1. The lowest BCUT2D eigenvalue weighted by Gasteiger charge is -2.38. The van der Waals surface area contributed by atoms with Crippen LogP contribution in [0.1, 0.15) is 36.0 Å². The van der Waals surface area contributed by atoms with Crippen molar-refractivity contribution in [3.8, 4) is 22.9 Å². The molecule has 6 rings (SSSR count). The average molecular weight is 545 g/mol. The summed E-state index contributed by atoms with van der Waals surface area (Å²) in [6.45, 7) is 2.62. The van der Waals surface area contributed by atoms with Crippen LogP contribution in [0.4, 0.5) is 5.13 Å². The first-order valence-electron chi connectivity index (χ1n) is 12.8. The average Bonchev–Trinajstić information content (AvgIpc) is 3.29. The van der Waals surface area contributed by atoms with Gasteiger partial charge in [-0.1, -0.05) is 41.9 Å². The van der Waals surface area contributed by atoms with E-state index in [4.69, 9.17) is 22.1 Å². The molecule has 38 heavy (non-hydrogen) atoms. The van der Waals surface area contributed by atoms with Gasteiger partial charge >= 0.3 is 0 Å². The quantitative estimate of drug-likeness (QED) is 0.296. The summed E-state index contributed by atoms with van der Waals surface area (Å²) in [6, 6.07) is 17.7. The molecule has 0 amide bonds. The van der Waals surface area contributed by atoms with E-state index in [1.54, 1.807) is 6.20 Å². The minimum absolute atomic E-state index is 0.553. The number of benzene rings is 2. The van der Waals surface area contributed by atoms with E-state index >= 15 is 0 Å². The van der Waals surface area contributed by atoms with Crippen LogP contribution in [0, 0.1) is 0 Å². The summed E-state index contributed by atoms with van der Waals surface area (Å²) in [4.78, 5) is 11.5. The summed E-state index contributed by atoms with van der Waals surface area (Å²) in [5, 5.41) is 14.5. The first kappa shape index (κ1) is 25.1. The highest BCUT2D eigenvalue weighted by molar-refractivity contribution is 7.13. The number of hydrogen-bond donors (Lipinski definition) is 2. The van der Waals surface area contributed by atoms with Crippen molar-refractivity contribution in [2.24, 2.45) is 0 Å². The number of fused-ring (bicyclic) bond motifs is 2. The lowest BCUT2D eigenvalue weighted by molar-refractivity contribution is -0.0254. The minimum atomic E-state index is -0.790. The van der Waals surface area contributed by atoms with Crippen LogP contribution in [0.3, 0.4) is 0 Å². The zero-order valence-corrected chi connectivity index (χ0v) is 22.5. The Hall–Kier alpha value is -3.23. The number of nitrogens with two attached hydrogens (primary N) is 1. The Morgan fingerprint density at radius 1 is 1.08 bits per heavy atom. The molecule has 2 aliphatic rings. The van der Waals surface area contributed by atoms with Gasteiger partial charge in [-0.15, -0.1) is 11.3 Å². The summed E-state index contributed by atoms with van der Waals surface area (Å²) in [5.74, 6) is 1.42. The van der Waals surface area contributed by atoms with Crippen molar-refractivity contribution in [3.05, 3.63) is 94.0 Å². The lowest BCUT2D eigenvalue weighted by Crippen LogP contribution is -2.42. The summed E-state index contributed by atoms with van der Waals surface area (Å²) < 4.78 is 6.32. The van der Waals surface area contributed by atoms with Gasteiger partial charge in [0, 0.05) is 59.3 Å². The molecule has 1 saturated heterocycles. The summed E-state index contributed by atoms with van der Waals surface area (Å²) in [7, 11) is 0. The minimum Gasteiger partial charge on any atom is -0.438 e. The standard InChI is InChI=1S/C30H29ClN4O2S/c31-22-10-8-21(9-11-22)30(36)12-16-35(17-13-30)15-3-4-20-18-25-24(26-19-38-29(32)34-26)5-1-7-27(25)37-28-23(20)6-2-14-33-28/h1-2,4-11,14,19,36H,3,12-13,15-18H2,(H2,32,34). The second-order valence-electron chi connectivity index (χ2n) is 9.89. The van der Waals surface area contributed by atoms with Crippen molar-refractivity contribution in [2.75, 3.05) is 25.4 Å². The predicted molar refractivity (Wildman–Crippen MR) is 154 cm³/mol. The SMILES string of the molecule is Nc1nc(-c2cccc3c2CC(=CCCN2CCC(O)(c4ccc(Cl)cc4)CC2)c2cccnc2O3)cs1. The molecular weight excluding hydrogens is 516 g/mol. The molecule has 0 saturated carbocycles. The molecular formula is C30H29ClN4O2S. The Morgan fingerprint density at radius 2 is 1.87 bits per heavy atom. The normalized spacial score (nSPS) is 17.9. The molecule has 8 heteroatoms. The largest absolute Gasteiger partial charge is 0.438 e. The zero-order valence-electron chi connectivity index (χ0n) is 20.9. The second kappa shape index (κ2) is 10.5. The van der Waals surface area contributed by atoms with E-state index in [-0.39, 0.29) is 0 Å². The number of halogens is 1. The number of pyridine rings is 1. The fraction of sp³-hybridized carbons (Fsp3) is 0.267. The maximum Gasteiger partial charge on any atom is 0.226 e. The van der Waals surface area contributed by atoms with Crippen LogP contribution in [0.2, 0.25) is 5.02 Å². The third-order valence-corrected chi connectivity index (χ3v) is 8.45. The van der Waals surface area contributed by atoms with Crippen LogP contribution < -0.4 is 10.5 Å². The number of nitrogen functional groups attached to an aromatic ring is 1. The number of anilines is 1.